The highest BCUT2D eigenvalue weighted by Gasteiger charge is 2.39. The summed E-state index contributed by atoms with van der Waals surface area (Å²) in [5.41, 5.74) is 3.89. The lowest BCUT2D eigenvalue weighted by Crippen LogP contribution is -2.29. The van der Waals surface area contributed by atoms with E-state index < -0.39 is 0 Å². The summed E-state index contributed by atoms with van der Waals surface area (Å²) in [7, 11) is 1.75. The highest BCUT2D eigenvalue weighted by Crippen LogP contribution is 2.51. The molecule has 0 amide bonds. The van der Waals surface area contributed by atoms with Gasteiger partial charge in [-0.05, 0) is 76.9 Å². The SMILES string of the molecule is COc1ccc(Br)cc1[C@H]1Nc2ccc(I)cc2[C@H]2C=CC[C@H]21. The second kappa shape index (κ2) is 6.13. The van der Waals surface area contributed by atoms with E-state index >= 15 is 0 Å². The molecule has 4 heteroatoms. The van der Waals surface area contributed by atoms with E-state index in [4.69, 9.17) is 4.74 Å². The fourth-order valence-electron chi connectivity index (χ4n) is 3.82. The van der Waals surface area contributed by atoms with Crippen LogP contribution in [0.5, 0.6) is 5.75 Å². The molecule has 118 valence electrons. The molecule has 1 aliphatic heterocycles. The predicted octanol–water partition coefficient (Wildman–Crippen LogP) is 5.89. The van der Waals surface area contributed by atoms with Crippen molar-refractivity contribution >= 4 is 44.2 Å². The topological polar surface area (TPSA) is 21.3 Å². The van der Waals surface area contributed by atoms with Crippen molar-refractivity contribution in [2.45, 2.75) is 18.4 Å². The van der Waals surface area contributed by atoms with Gasteiger partial charge >= 0.3 is 0 Å². The van der Waals surface area contributed by atoms with Crippen LogP contribution in [0.15, 0.2) is 53.0 Å². The van der Waals surface area contributed by atoms with E-state index in [1.807, 2.05) is 12.1 Å². The van der Waals surface area contributed by atoms with Crippen LogP contribution in [0, 0.1) is 9.49 Å². The van der Waals surface area contributed by atoms with Crippen molar-refractivity contribution in [3.8, 4) is 5.75 Å². The van der Waals surface area contributed by atoms with Crippen LogP contribution in [0.3, 0.4) is 0 Å². The van der Waals surface area contributed by atoms with Crippen molar-refractivity contribution in [2.24, 2.45) is 5.92 Å². The van der Waals surface area contributed by atoms with Crippen LogP contribution in [0.4, 0.5) is 5.69 Å². The van der Waals surface area contributed by atoms with Crippen molar-refractivity contribution in [1.29, 1.82) is 0 Å². The Labute approximate surface area is 158 Å². The number of fused-ring (bicyclic) bond motifs is 3. The summed E-state index contributed by atoms with van der Waals surface area (Å²) in [4.78, 5) is 0. The van der Waals surface area contributed by atoms with Crippen LogP contribution in [-0.2, 0) is 0 Å². The summed E-state index contributed by atoms with van der Waals surface area (Å²) < 4.78 is 8.01. The third-order valence-electron chi connectivity index (χ3n) is 4.85. The van der Waals surface area contributed by atoms with Gasteiger partial charge in [-0.15, -0.1) is 0 Å². The fraction of sp³-hybridized carbons (Fsp3) is 0.263. The Kier molecular flexibility index (Phi) is 4.13. The highest BCUT2D eigenvalue weighted by atomic mass is 127. The standard InChI is InChI=1S/C19H17BrINO/c1-23-18-8-5-11(20)9-16(18)19-14-4-2-3-13(14)15-10-12(21)6-7-17(15)22-19/h2-3,5-10,13-14,19,22H,4H2,1H3/t13-,14+,19-/m0/s1. The van der Waals surface area contributed by atoms with Gasteiger partial charge in [0.2, 0.25) is 0 Å². The quantitative estimate of drug-likeness (QED) is 0.426. The van der Waals surface area contributed by atoms with Gasteiger partial charge in [0, 0.05) is 25.2 Å². The maximum atomic E-state index is 5.63. The fourth-order valence-corrected chi connectivity index (χ4v) is 4.72. The molecule has 3 atom stereocenters. The zero-order valence-electron chi connectivity index (χ0n) is 12.7. The van der Waals surface area contributed by atoms with Gasteiger partial charge in [-0.1, -0.05) is 28.1 Å². The van der Waals surface area contributed by atoms with E-state index in [2.05, 4.69) is 80.3 Å². The van der Waals surface area contributed by atoms with Crippen molar-refractivity contribution in [3.05, 3.63) is 67.7 Å². The molecule has 2 aromatic carbocycles. The van der Waals surface area contributed by atoms with E-state index in [9.17, 15) is 0 Å². The molecule has 0 radical (unpaired) electrons. The first-order chi connectivity index (χ1) is 11.2. The number of hydrogen-bond donors (Lipinski definition) is 1. The average Bonchev–Trinajstić information content (AvgIpc) is 3.04. The highest BCUT2D eigenvalue weighted by molar-refractivity contribution is 14.1. The lowest BCUT2D eigenvalue weighted by molar-refractivity contribution is 0.381. The van der Waals surface area contributed by atoms with Crippen LogP contribution < -0.4 is 10.1 Å². The number of rotatable bonds is 2. The maximum Gasteiger partial charge on any atom is 0.124 e. The molecule has 1 N–H and O–H groups in total. The van der Waals surface area contributed by atoms with Crippen LogP contribution in [-0.4, -0.2) is 7.11 Å². The lowest BCUT2D eigenvalue weighted by atomic mass is 9.77. The first kappa shape index (κ1) is 15.5. The van der Waals surface area contributed by atoms with Crippen molar-refractivity contribution < 1.29 is 4.74 Å². The molecule has 0 saturated carbocycles. The average molecular weight is 482 g/mol. The monoisotopic (exact) mass is 481 g/mol. The van der Waals surface area contributed by atoms with Gasteiger partial charge in [-0.3, -0.25) is 0 Å². The molecule has 0 spiro atoms. The number of benzene rings is 2. The van der Waals surface area contributed by atoms with Crippen molar-refractivity contribution in [3.63, 3.8) is 0 Å². The van der Waals surface area contributed by atoms with Crippen molar-refractivity contribution in [2.75, 3.05) is 12.4 Å². The molecule has 2 aromatic rings. The number of halogens is 2. The molecular formula is C19H17BrINO. The number of allylic oxidation sites excluding steroid dienone is 2. The van der Waals surface area contributed by atoms with Gasteiger partial charge < -0.3 is 10.1 Å². The Morgan fingerprint density at radius 2 is 2.04 bits per heavy atom. The number of hydrogen-bond acceptors (Lipinski definition) is 2. The molecule has 0 unspecified atom stereocenters. The molecule has 2 aliphatic rings. The normalized spacial score (nSPS) is 24.7. The molecule has 0 aromatic heterocycles. The third-order valence-corrected chi connectivity index (χ3v) is 6.02. The molecule has 23 heavy (non-hydrogen) atoms. The van der Waals surface area contributed by atoms with Crippen molar-refractivity contribution in [1.82, 2.24) is 0 Å². The van der Waals surface area contributed by atoms with E-state index in [0.29, 0.717) is 11.8 Å². The van der Waals surface area contributed by atoms with E-state index in [-0.39, 0.29) is 6.04 Å². The number of nitrogens with one attached hydrogen (secondary N) is 1. The van der Waals surface area contributed by atoms with Crippen LogP contribution in [0.2, 0.25) is 0 Å². The number of methoxy groups -OCH3 is 1. The summed E-state index contributed by atoms with van der Waals surface area (Å²) in [6.45, 7) is 0. The van der Waals surface area contributed by atoms with E-state index in [1.165, 1.54) is 20.4 Å². The third kappa shape index (κ3) is 2.70. The second-order valence-corrected chi connectivity index (χ2v) is 8.25. The summed E-state index contributed by atoms with van der Waals surface area (Å²) in [5, 5.41) is 3.77. The molecule has 1 aliphatic carbocycles. The lowest BCUT2D eigenvalue weighted by Gasteiger charge is -2.38. The summed E-state index contributed by atoms with van der Waals surface area (Å²) in [6, 6.07) is 13.2. The van der Waals surface area contributed by atoms with Gasteiger partial charge in [0.05, 0.1) is 13.2 Å². The smallest absolute Gasteiger partial charge is 0.124 e. The Balaban J connectivity index is 1.82. The van der Waals surface area contributed by atoms with E-state index in [1.54, 1.807) is 7.11 Å². The zero-order valence-corrected chi connectivity index (χ0v) is 16.5. The minimum absolute atomic E-state index is 0.259. The second-order valence-electron chi connectivity index (χ2n) is 6.09. The molecular weight excluding hydrogens is 465 g/mol. The Morgan fingerprint density at radius 3 is 2.87 bits per heavy atom. The Morgan fingerprint density at radius 1 is 1.17 bits per heavy atom. The van der Waals surface area contributed by atoms with Gasteiger partial charge in [0.1, 0.15) is 5.75 Å². The predicted molar refractivity (Wildman–Crippen MR) is 106 cm³/mol. The summed E-state index contributed by atoms with van der Waals surface area (Å²) in [6.07, 6.45) is 5.80. The minimum atomic E-state index is 0.259. The Hall–Kier alpha value is -1.01. The number of ether oxygens (including phenoxy) is 1. The molecule has 0 bridgehead atoms. The molecule has 0 fully saturated rings. The van der Waals surface area contributed by atoms with E-state index in [0.717, 1.165) is 16.6 Å². The molecule has 2 nitrogen and oxygen atoms in total. The Bertz CT molecular complexity index is 789. The maximum absolute atomic E-state index is 5.63. The number of anilines is 1. The van der Waals surface area contributed by atoms with Gasteiger partial charge in [-0.25, -0.2) is 0 Å². The molecule has 4 rings (SSSR count). The minimum Gasteiger partial charge on any atom is -0.496 e. The first-order valence-corrected chi connectivity index (χ1v) is 9.60. The largest absolute Gasteiger partial charge is 0.496 e. The first-order valence-electron chi connectivity index (χ1n) is 7.73. The van der Waals surface area contributed by atoms with Crippen LogP contribution in [0.25, 0.3) is 0 Å². The summed E-state index contributed by atoms with van der Waals surface area (Å²) in [5.74, 6) is 1.96. The van der Waals surface area contributed by atoms with Crippen LogP contribution in [0.1, 0.15) is 29.5 Å². The molecule has 0 saturated heterocycles. The van der Waals surface area contributed by atoms with Crippen LogP contribution >= 0.6 is 38.5 Å². The molecule has 1 heterocycles. The van der Waals surface area contributed by atoms with Gasteiger partial charge in [-0.2, -0.15) is 0 Å². The van der Waals surface area contributed by atoms with Gasteiger partial charge in [0.15, 0.2) is 0 Å². The zero-order chi connectivity index (χ0) is 16.0. The summed E-state index contributed by atoms with van der Waals surface area (Å²) >= 11 is 6.00. The van der Waals surface area contributed by atoms with Gasteiger partial charge in [0.25, 0.3) is 0 Å².